The van der Waals surface area contributed by atoms with Gasteiger partial charge < -0.3 is 33.8 Å². The molecule has 0 aliphatic carbocycles. The minimum absolute atomic E-state index is 0.0807. The lowest BCUT2D eigenvalue weighted by molar-refractivity contribution is -0.161. The maximum absolute atomic E-state index is 13.1. The molecule has 0 bridgehead atoms. The van der Waals surface area contributed by atoms with E-state index in [1.54, 1.807) is 0 Å². The summed E-state index contributed by atoms with van der Waals surface area (Å²) in [5.41, 5.74) is 0. The van der Waals surface area contributed by atoms with Gasteiger partial charge in [-0.1, -0.05) is 333 Å². The largest absolute Gasteiger partial charge is 0.472 e. The van der Waals surface area contributed by atoms with Crippen molar-refractivity contribution in [2.75, 3.05) is 39.6 Å². The summed E-state index contributed by atoms with van der Waals surface area (Å²) >= 11 is 0. The predicted octanol–water partition coefficient (Wildman–Crippen LogP) is 24.5. The molecule has 3 N–H and O–H groups in total. The monoisotopic (exact) mass is 1490 g/mol. The van der Waals surface area contributed by atoms with E-state index in [0.29, 0.717) is 25.7 Å². The zero-order chi connectivity index (χ0) is 74.6. The Balaban J connectivity index is 5.33. The highest BCUT2D eigenvalue weighted by atomic mass is 31.2. The van der Waals surface area contributed by atoms with Crippen LogP contribution in [0.1, 0.15) is 400 Å². The second-order valence-electron chi connectivity index (χ2n) is 28.4. The van der Waals surface area contributed by atoms with Crippen LogP contribution in [0.5, 0.6) is 0 Å². The van der Waals surface area contributed by atoms with Gasteiger partial charge in [0.25, 0.3) is 0 Å². The molecule has 17 nitrogen and oxygen atoms in total. The Morgan fingerprint density at radius 1 is 0.275 bits per heavy atom. The molecule has 0 aromatic rings. The summed E-state index contributed by atoms with van der Waals surface area (Å²) in [6, 6.07) is 0. The fourth-order valence-electron chi connectivity index (χ4n) is 11.9. The van der Waals surface area contributed by atoms with Crippen molar-refractivity contribution in [3.05, 3.63) is 48.6 Å². The maximum Gasteiger partial charge on any atom is 0.472 e. The van der Waals surface area contributed by atoms with Crippen LogP contribution in [0.3, 0.4) is 0 Å². The Morgan fingerprint density at radius 3 is 0.745 bits per heavy atom. The van der Waals surface area contributed by atoms with Crippen LogP contribution < -0.4 is 0 Å². The van der Waals surface area contributed by atoms with Crippen molar-refractivity contribution in [1.82, 2.24) is 0 Å². The summed E-state index contributed by atoms with van der Waals surface area (Å²) in [5, 5.41) is 10.7. The third kappa shape index (κ3) is 75.3. The van der Waals surface area contributed by atoms with E-state index in [-0.39, 0.29) is 25.7 Å². The van der Waals surface area contributed by atoms with Gasteiger partial charge in [-0.3, -0.25) is 37.3 Å². The van der Waals surface area contributed by atoms with E-state index in [4.69, 9.17) is 37.0 Å². The van der Waals surface area contributed by atoms with Gasteiger partial charge in [0.15, 0.2) is 12.2 Å². The molecule has 0 rings (SSSR count). The SMILES string of the molecule is CCCCC/C=C\C/C=C\CCCCCCCC(=O)OC[C@H](COP(=O)(O)OC[C@@H](O)COP(=O)(O)OC[C@@H](COC(=O)CCCCCCCCCCCCCCCCC)OC(=O)CCCCCCCCCCCCCCCCCCC)OC(=O)CCCCCCC/C=C\C/C=C\CCCCC. The van der Waals surface area contributed by atoms with E-state index in [0.717, 1.165) is 135 Å². The molecular formula is C83H154O17P2. The van der Waals surface area contributed by atoms with Crippen LogP contribution in [-0.4, -0.2) is 96.7 Å². The van der Waals surface area contributed by atoms with Gasteiger partial charge in [0.1, 0.15) is 19.3 Å². The minimum Gasteiger partial charge on any atom is -0.462 e. The lowest BCUT2D eigenvalue weighted by Crippen LogP contribution is -2.30. The van der Waals surface area contributed by atoms with Gasteiger partial charge in [-0.25, -0.2) is 9.13 Å². The molecule has 0 saturated carbocycles. The Labute approximate surface area is 623 Å². The minimum atomic E-state index is -4.98. The number of ether oxygens (including phenoxy) is 4. The fourth-order valence-corrected chi connectivity index (χ4v) is 13.5. The molecule has 0 spiro atoms. The van der Waals surface area contributed by atoms with Crippen molar-refractivity contribution in [2.45, 2.75) is 418 Å². The standard InChI is InChI=1S/C83H154O17P2/c1-5-9-13-17-21-25-29-33-37-38-42-46-50-54-58-62-66-70-83(88)100-79(74-94-81(86)68-64-60-56-52-48-44-40-35-31-27-23-19-15-11-7-3)76-98-102(91,92)96-72-77(84)71-95-101(89,90)97-75-78(99-82(87)69-65-61-57-53-49-45-41-36-32-28-24-20-16-12-8-4)73-93-80(85)67-63-59-55-51-47-43-39-34-30-26-22-18-14-10-6-2/h22,24,26,28,34,36,39,41,77-79,84H,5-21,23,25,27,29-33,35,37-38,40,42-76H2,1-4H3,(H,89,90)(H,91,92)/b26-22-,28-24-,39-34-,41-36-/t77-,78-,79-/m1/s1. The lowest BCUT2D eigenvalue weighted by Gasteiger charge is -2.21. The molecule has 0 aromatic heterocycles. The Kier molecular flexibility index (Phi) is 74.0. The smallest absolute Gasteiger partial charge is 0.462 e. The van der Waals surface area contributed by atoms with E-state index in [2.05, 4.69) is 76.3 Å². The Morgan fingerprint density at radius 2 is 0.480 bits per heavy atom. The van der Waals surface area contributed by atoms with Crippen molar-refractivity contribution in [3.8, 4) is 0 Å². The summed E-state index contributed by atoms with van der Waals surface area (Å²) in [4.78, 5) is 73.1. The van der Waals surface area contributed by atoms with Gasteiger partial charge in [-0.15, -0.1) is 0 Å². The predicted molar refractivity (Wildman–Crippen MR) is 418 cm³/mol. The molecule has 598 valence electrons. The number of unbranched alkanes of at least 4 members (excludes halogenated alkanes) is 46. The molecule has 19 heteroatoms. The first kappa shape index (κ1) is 99.0. The number of carbonyl (C=O) groups excluding carboxylic acids is 4. The summed E-state index contributed by atoms with van der Waals surface area (Å²) in [5.74, 6) is -2.16. The first-order valence-corrected chi connectivity index (χ1v) is 44.9. The number of rotatable bonds is 80. The first-order chi connectivity index (χ1) is 49.7. The van der Waals surface area contributed by atoms with Gasteiger partial charge in [-0.05, 0) is 89.9 Å². The molecule has 0 amide bonds. The third-order valence-electron chi connectivity index (χ3n) is 18.3. The maximum atomic E-state index is 13.1. The molecule has 0 heterocycles. The van der Waals surface area contributed by atoms with Crippen LogP contribution in [0.4, 0.5) is 0 Å². The van der Waals surface area contributed by atoms with Crippen LogP contribution in [0.25, 0.3) is 0 Å². The topological polar surface area (TPSA) is 237 Å². The third-order valence-corrected chi connectivity index (χ3v) is 20.2. The molecule has 0 radical (unpaired) electrons. The van der Waals surface area contributed by atoms with Crippen molar-refractivity contribution < 1.29 is 80.2 Å². The van der Waals surface area contributed by atoms with Gasteiger partial charge in [-0.2, -0.15) is 0 Å². The number of esters is 4. The molecule has 5 atom stereocenters. The number of phosphoric ester groups is 2. The Hall–Kier alpha value is -2.98. The van der Waals surface area contributed by atoms with Gasteiger partial charge in [0.2, 0.25) is 0 Å². The normalized spacial score (nSPS) is 14.1. The van der Waals surface area contributed by atoms with Gasteiger partial charge >= 0.3 is 39.5 Å². The van der Waals surface area contributed by atoms with Crippen LogP contribution in [0.2, 0.25) is 0 Å². The summed E-state index contributed by atoms with van der Waals surface area (Å²) in [6.07, 6.45) is 75.0. The number of hydrogen-bond acceptors (Lipinski definition) is 15. The Bertz CT molecular complexity index is 2120. The van der Waals surface area contributed by atoms with Crippen molar-refractivity contribution in [2.24, 2.45) is 0 Å². The molecule has 2 unspecified atom stereocenters. The second kappa shape index (κ2) is 76.2. The highest BCUT2D eigenvalue weighted by Crippen LogP contribution is 2.45. The summed E-state index contributed by atoms with van der Waals surface area (Å²) < 4.78 is 68.7. The average Bonchev–Trinajstić information content (AvgIpc) is 0.922. The lowest BCUT2D eigenvalue weighted by atomic mass is 10.0. The molecular weight excluding hydrogens is 1330 g/mol. The molecule has 0 aliphatic rings. The van der Waals surface area contributed by atoms with Gasteiger partial charge in [0.05, 0.1) is 26.4 Å². The first-order valence-electron chi connectivity index (χ1n) is 41.9. The van der Waals surface area contributed by atoms with Crippen LogP contribution in [0.15, 0.2) is 48.6 Å². The summed E-state index contributed by atoms with van der Waals surface area (Å²) in [7, 11) is -9.95. The molecule has 102 heavy (non-hydrogen) atoms. The van der Waals surface area contributed by atoms with Crippen molar-refractivity contribution in [3.63, 3.8) is 0 Å². The number of phosphoric acid groups is 2. The van der Waals surface area contributed by atoms with Crippen LogP contribution in [-0.2, 0) is 65.4 Å². The molecule has 0 aromatic carbocycles. The highest BCUT2D eigenvalue weighted by molar-refractivity contribution is 7.47. The van der Waals surface area contributed by atoms with E-state index in [1.807, 2.05) is 0 Å². The van der Waals surface area contributed by atoms with Crippen LogP contribution >= 0.6 is 15.6 Å². The molecule has 0 saturated heterocycles. The second-order valence-corrected chi connectivity index (χ2v) is 31.3. The average molecular weight is 1490 g/mol. The van der Waals surface area contributed by atoms with E-state index in [9.17, 15) is 43.2 Å². The fraction of sp³-hybridized carbons (Fsp3) is 0.855. The van der Waals surface area contributed by atoms with E-state index < -0.39 is 97.5 Å². The zero-order valence-electron chi connectivity index (χ0n) is 65.6. The van der Waals surface area contributed by atoms with Crippen molar-refractivity contribution in [1.29, 1.82) is 0 Å². The van der Waals surface area contributed by atoms with E-state index >= 15 is 0 Å². The van der Waals surface area contributed by atoms with Gasteiger partial charge in [0, 0.05) is 25.7 Å². The summed E-state index contributed by atoms with van der Waals surface area (Å²) in [6.45, 7) is 4.90. The number of aliphatic hydroxyl groups excluding tert-OH is 1. The zero-order valence-corrected chi connectivity index (χ0v) is 67.3. The van der Waals surface area contributed by atoms with E-state index in [1.165, 1.54) is 186 Å². The molecule has 0 fully saturated rings. The quantitative estimate of drug-likeness (QED) is 0.0169. The number of aliphatic hydroxyl groups is 1. The number of hydrogen-bond donors (Lipinski definition) is 3. The number of carbonyl (C=O) groups is 4. The van der Waals surface area contributed by atoms with Crippen LogP contribution in [0, 0.1) is 0 Å². The molecule has 0 aliphatic heterocycles. The highest BCUT2D eigenvalue weighted by Gasteiger charge is 2.30. The van der Waals surface area contributed by atoms with Crippen molar-refractivity contribution >= 4 is 39.5 Å². The number of allylic oxidation sites excluding steroid dienone is 8.